The highest BCUT2D eigenvalue weighted by atomic mass is 79.9. The van der Waals surface area contributed by atoms with Gasteiger partial charge in [0, 0.05) is 24.4 Å². The van der Waals surface area contributed by atoms with Gasteiger partial charge in [-0.25, -0.2) is 4.79 Å². The van der Waals surface area contributed by atoms with E-state index in [0.29, 0.717) is 32.5 Å². The van der Waals surface area contributed by atoms with Crippen LogP contribution in [0.5, 0.6) is 0 Å². The zero-order valence-corrected chi connectivity index (χ0v) is 14.7. The molecule has 1 fully saturated rings. The van der Waals surface area contributed by atoms with Crippen molar-refractivity contribution in [2.24, 2.45) is 0 Å². The zero-order valence-electron chi connectivity index (χ0n) is 12.3. The molecule has 120 valence electrons. The SMILES string of the molecule is CCN(Cc1ccc(Br)s1)C(=O)CCCN1C(=O)CNC1=O. The second-order valence-corrected chi connectivity index (χ2v) is 7.47. The summed E-state index contributed by atoms with van der Waals surface area (Å²) in [4.78, 5) is 39.1. The minimum absolute atomic E-state index is 0.0408. The molecule has 2 rings (SSSR count). The summed E-state index contributed by atoms with van der Waals surface area (Å²) in [5.74, 6) is -0.188. The van der Waals surface area contributed by atoms with Crippen molar-refractivity contribution in [3.8, 4) is 0 Å². The normalized spacial score (nSPS) is 14.4. The van der Waals surface area contributed by atoms with Gasteiger partial charge in [-0.05, 0) is 41.4 Å². The van der Waals surface area contributed by atoms with Crippen molar-refractivity contribution >= 4 is 45.1 Å². The van der Waals surface area contributed by atoms with Crippen LogP contribution in [0.25, 0.3) is 0 Å². The molecule has 0 radical (unpaired) electrons. The Hall–Kier alpha value is -1.41. The van der Waals surface area contributed by atoms with Gasteiger partial charge in [-0.15, -0.1) is 11.3 Å². The minimum Gasteiger partial charge on any atom is -0.338 e. The number of carbonyl (C=O) groups is 3. The molecule has 1 aliphatic heterocycles. The molecule has 1 saturated heterocycles. The molecule has 4 amide bonds. The third-order valence-corrected chi connectivity index (χ3v) is 5.03. The first-order valence-corrected chi connectivity index (χ1v) is 8.72. The lowest BCUT2D eigenvalue weighted by Crippen LogP contribution is -2.34. The van der Waals surface area contributed by atoms with E-state index >= 15 is 0 Å². The maximum atomic E-state index is 12.2. The van der Waals surface area contributed by atoms with Crippen LogP contribution in [0.3, 0.4) is 0 Å². The van der Waals surface area contributed by atoms with E-state index in [1.807, 2.05) is 19.1 Å². The molecular weight excluding hydrogens is 370 g/mol. The zero-order chi connectivity index (χ0) is 16.1. The first kappa shape index (κ1) is 17.0. The van der Waals surface area contributed by atoms with Gasteiger partial charge in [0.25, 0.3) is 0 Å². The van der Waals surface area contributed by atoms with Crippen LogP contribution in [-0.4, -0.2) is 47.3 Å². The fourth-order valence-electron chi connectivity index (χ4n) is 2.23. The number of thiophene rings is 1. The van der Waals surface area contributed by atoms with E-state index < -0.39 is 0 Å². The molecule has 1 N–H and O–H groups in total. The number of amides is 4. The topological polar surface area (TPSA) is 69.7 Å². The van der Waals surface area contributed by atoms with Gasteiger partial charge in [0.15, 0.2) is 0 Å². The smallest absolute Gasteiger partial charge is 0.324 e. The van der Waals surface area contributed by atoms with Gasteiger partial charge in [0.05, 0.1) is 16.9 Å². The summed E-state index contributed by atoms with van der Waals surface area (Å²) in [6, 6.07) is 3.60. The Kier molecular flexibility index (Phi) is 5.96. The predicted octanol–water partition coefficient (Wildman–Crippen LogP) is 2.19. The van der Waals surface area contributed by atoms with Crippen molar-refractivity contribution in [2.45, 2.75) is 26.3 Å². The lowest BCUT2D eigenvalue weighted by atomic mass is 10.2. The molecule has 0 aromatic carbocycles. The molecule has 8 heteroatoms. The maximum absolute atomic E-state index is 12.2. The molecule has 0 aliphatic carbocycles. The largest absolute Gasteiger partial charge is 0.338 e. The van der Waals surface area contributed by atoms with E-state index in [4.69, 9.17) is 0 Å². The van der Waals surface area contributed by atoms with Crippen LogP contribution < -0.4 is 5.32 Å². The fraction of sp³-hybridized carbons (Fsp3) is 0.500. The van der Waals surface area contributed by atoms with Crippen LogP contribution in [0.1, 0.15) is 24.6 Å². The van der Waals surface area contributed by atoms with Crippen LogP contribution in [-0.2, 0) is 16.1 Å². The Balaban J connectivity index is 1.79. The molecule has 0 unspecified atom stereocenters. The number of imide groups is 1. The number of halogens is 1. The van der Waals surface area contributed by atoms with E-state index in [1.165, 1.54) is 4.90 Å². The van der Waals surface area contributed by atoms with Crippen LogP contribution in [0.2, 0.25) is 0 Å². The average Bonchev–Trinajstić information content (AvgIpc) is 3.04. The fourth-order valence-corrected chi connectivity index (χ4v) is 3.73. The summed E-state index contributed by atoms with van der Waals surface area (Å²) in [6.45, 7) is 3.52. The van der Waals surface area contributed by atoms with Crippen LogP contribution >= 0.6 is 27.3 Å². The minimum atomic E-state index is -0.367. The standard InChI is InChI=1S/C14H18BrN3O3S/c1-2-17(9-10-5-6-11(15)22-10)12(19)4-3-7-18-13(20)8-16-14(18)21/h5-6H,2-4,7-9H2,1H3,(H,16,21). The number of urea groups is 1. The molecule has 1 aromatic heterocycles. The van der Waals surface area contributed by atoms with Gasteiger partial charge in [0.2, 0.25) is 11.8 Å². The summed E-state index contributed by atoms with van der Waals surface area (Å²) in [7, 11) is 0. The van der Waals surface area contributed by atoms with Crippen molar-refractivity contribution < 1.29 is 14.4 Å². The van der Waals surface area contributed by atoms with E-state index in [-0.39, 0.29) is 24.4 Å². The molecule has 0 saturated carbocycles. The second kappa shape index (κ2) is 7.73. The van der Waals surface area contributed by atoms with Gasteiger partial charge in [-0.1, -0.05) is 0 Å². The molecule has 0 bridgehead atoms. The highest BCUT2D eigenvalue weighted by Crippen LogP contribution is 2.23. The molecule has 1 aromatic rings. The second-order valence-electron chi connectivity index (χ2n) is 4.92. The number of nitrogens with one attached hydrogen (secondary N) is 1. The summed E-state index contributed by atoms with van der Waals surface area (Å²) in [5, 5.41) is 2.47. The van der Waals surface area contributed by atoms with Crippen LogP contribution in [0.4, 0.5) is 4.79 Å². The van der Waals surface area contributed by atoms with Crippen molar-refractivity contribution in [2.75, 3.05) is 19.6 Å². The molecular formula is C14H18BrN3O3S. The average molecular weight is 388 g/mol. The van der Waals surface area contributed by atoms with Gasteiger partial charge in [-0.2, -0.15) is 0 Å². The molecule has 1 aliphatic rings. The number of rotatable bonds is 7. The molecule has 0 spiro atoms. The Labute approximate surface area is 141 Å². The maximum Gasteiger partial charge on any atom is 0.324 e. The Morgan fingerprint density at radius 3 is 2.77 bits per heavy atom. The number of hydrogen-bond donors (Lipinski definition) is 1. The van der Waals surface area contributed by atoms with Crippen molar-refractivity contribution in [3.63, 3.8) is 0 Å². The first-order chi connectivity index (χ1) is 10.5. The quantitative estimate of drug-likeness (QED) is 0.728. The number of carbonyl (C=O) groups excluding carboxylic acids is 3. The lowest BCUT2D eigenvalue weighted by molar-refractivity contribution is -0.132. The molecule has 0 atom stereocenters. The van der Waals surface area contributed by atoms with Crippen molar-refractivity contribution in [1.82, 2.24) is 15.1 Å². The highest BCUT2D eigenvalue weighted by Gasteiger charge is 2.27. The van der Waals surface area contributed by atoms with Gasteiger partial charge >= 0.3 is 6.03 Å². The van der Waals surface area contributed by atoms with E-state index in [0.717, 1.165) is 8.66 Å². The summed E-state index contributed by atoms with van der Waals surface area (Å²) in [6.07, 6.45) is 0.820. The summed E-state index contributed by atoms with van der Waals surface area (Å²) in [5.41, 5.74) is 0. The third kappa shape index (κ3) is 4.30. The van der Waals surface area contributed by atoms with Crippen molar-refractivity contribution in [1.29, 1.82) is 0 Å². The molecule has 22 heavy (non-hydrogen) atoms. The van der Waals surface area contributed by atoms with Gasteiger partial charge < -0.3 is 10.2 Å². The Morgan fingerprint density at radius 1 is 1.45 bits per heavy atom. The lowest BCUT2D eigenvalue weighted by Gasteiger charge is -2.20. The van der Waals surface area contributed by atoms with E-state index in [2.05, 4.69) is 21.2 Å². The van der Waals surface area contributed by atoms with E-state index in [1.54, 1.807) is 16.2 Å². The summed E-state index contributed by atoms with van der Waals surface area (Å²) < 4.78 is 1.05. The Morgan fingerprint density at radius 2 is 2.23 bits per heavy atom. The number of hydrogen-bond acceptors (Lipinski definition) is 4. The monoisotopic (exact) mass is 387 g/mol. The predicted molar refractivity (Wildman–Crippen MR) is 87.5 cm³/mol. The highest BCUT2D eigenvalue weighted by molar-refractivity contribution is 9.11. The van der Waals surface area contributed by atoms with Crippen LogP contribution in [0, 0.1) is 0 Å². The van der Waals surface area contributed by atoms with Crippen molar-refractivity contribution in [3.05, 3.63) is 20.8 Å². The van der Waals surface area contributed by atoms with E-state index in [9.17, 15) is 14.4 Å². The Bertz CT molecular complexity index is 559. The molecule has 6 nitrogen and oxygen atoms in total. The van der Waals surface area contributed by atoms with Gasteiger partial charge in [-0.3, -0.25) is 14.5 Å². The summed E-state index contributed by atoms with van der Waals surface area (Å²) >= 11 is 5.02. The van der Waals surface area contributed by atoms with Crippen LogP contribution in [0.15, 0.2) is 15.9 Å². The third-order valence-electron chi connectivity index (χ3n) is 3.42. The number of nitrogens with zero attached hydrogens (tertiary/aromatic N) is 2. The molecule has 2 heterocycles. The first-order valence-electron chi connectivity index (χ1n) is 7.11. The van der Waals surface area contributed by atoms with Gasteiger partial charge in [0.1, 0.15) is 0 Å².